The third kappa shape index (κ3) is 10.3. The van der Waals surface area contributed by atoms with Crippen LogP contribution in [-0.2, 0) is 41.5 Å². The van der Waals surface area contributed by atoms with Crippen molar-refractivity contribution in [2.24, 2.45) is 0 Å². The lowest BCUT2D eigenvalue weighted by molar-refractivity contribution is -0.205. The van der Waals surface area contributed by atoms with Crippen LogP contribution in [0.5, 0.6) is 0 Å². The Morgan fingerprint density at radius 2 is 1.49 bits per heavy atom. The van der Waals surface area contributed by atoms with Crippen LogP contribution in [0, 0.1) is 0 Å². The maximum Gasteiger partial charge on any atom is 0.410 e. The first kappa shape index (κ1) is 33.4. The first-order valence-electron chi connectivity index (χ1n) is 13.4. The van der Waals surface area contributed by atoms with E-state index in [4.69, 9.17) is 18.9 Å². The molecule has 0 aliphatic carbocycles. The number of esters is 1. The topological polar surface area (TPSA) is 120 Å². The molecule has 0 atom stereocenters. The van der Waals surface area contributed by atoms with Gasteiger partial charge in [0.2, 0.25) is 0 Å². The highest BCUT2D eigenvalue weighted by Gasteiger charge is 2.39. The van der Waals surface area contributed by atoms with Gasteiger partial charge in [-0.15, -0.1) is 0 Å². The van der Waals surface area contributed by atoms with Crippen LogP contribution in [0.15, 0.2) is 48.5 Å². The van der Waals surface area contributed by atoms with E-state index in [-0.39, 0.29) is 24.2 Å². The molecule has 0 aliphatic rings. The number of hydrogen-bond acceptors (Lipinski definition) is 8. The zero-order valence-corrected chi connectivity index (χ0v) is 25.2. The Morgan fingerprint density at radius 1 is 0.878 bits per heavy atom. The van der Waals surface area contributed by atoms with Gasteiger partial charge in [0, 0.05) is 26.5 Å². The fraction of sp³-hybridized carbons (Fsp3) is 0.484. The minimum absolute atomic E-state index is 0.0482. The van der Waals surface area contributed by atoms with E-state index in [0.29, 0.717) is 24.8 Å². The lowest BCUT2D eigenvalue weighted by Crippen LogP contribution is -2.47. The molecule has 10 heteroatoms. The molecule has 0 heterocycles. The number of nitrogens with one attached hydrogen (secondary N) is 1. The third-order valence-electron chi connectivity index (χ3n) is 5.88. The number of benzene rings is 2. The van der Waals surface area contributed by atoms with E-state index < -0.39 is 35.0 Å². The van der Waals surface area contributed by atoms with E-state index in [1.807, 2.05) is 30.3 Å². The Hall–Kier alpha value is -3.76. The van der Waals surface area contributed by atoms with Gasteiger partial charge in [-0.2, -0.15) is 0 Å². The molecule has 10 nitrogen and oxygen atoms in total. The van der Waals surface area contributed by atoms with E-state index in [9.17, 15) is 19.2 Å². The highest BCUT2D eigenvalue weighted by molar-refractivity contribution is 5.99. The lowest BCUT2D eigenvalue weighted by atomic mass is 10.1. The molecule has 2 rings (SSSR count). The largest absolute Gasteiger partial charge is 0.456 e. The van der Waals surface area contributed by atoms with Crippen LogP contribution in [0.3, 0.4) is 0 Å². The summed E-state index contributed by atoms with van der Waals surface area (Å²) in [6, 6.07) is 14.4. The predicted octanol–water partition coefficient (Wildman–Crippen LogP) is 5.14. The molecule has 1 N–H and O–H groups in total. The fourth-order valence-corrected chi connectivity index (χ4v) is 3.83. The van der Waals surface area contributed by atoms with Gasteiger partial charge in [-0.3, -0.25) is 4.79 Å². The van der Waals surface area contributed by atoms with Gasteiger partial charge in [0.05, 0.1) is 18.5 Å². The molecule has 2 aromatic carbocycles. The number of methoxy groups -OCH3 is 2. The van der Waals surface area contributed by atoms with Crippen molar-refractivity contribution < 1.29 is 38.1 Å². The molecular formula is C31H42N2O8. The maximum absolute atomic E-state index is 13.3. The summed E-state index contributed by atoms with van der Waals surface area (Å²) < 4.78 is 21.7. The van der Waals surface area contributed by atoms with Gasteiger partial charge < -0.3 is 34.0 Å². The van der Waals surface area contributed by atoms with Crippen molar-refractivity contribution in [1.29, 1.82) is 0 Å². The van der Waals surface area contributed by atoms with Gasteiger partial charge in [0.1, 0.15) is 17.5 Å². The molecule has 2 amide bonds. The van der Waals surface area contributed by atoms with E-state index in [1.165, 1.54) is 25.2 Å². The molecule has 0 aromatic heterocycles. The van der Waals surface area contributed by atoms with Crippen LogP contribution in [0.1, 0.15) is 69.4 Å². The van der Waals surface area contributed by atoms with Gasteiger partial charge in [-0.05, 0) is 71.2 Å². The average molecular weight is 571 g/mol. The number of nitrogens with zero attached hydrogens (tertiary/aromatic N) is 1. The number of hydrogen-bond donors (Lipinski definition) is 1. The summed E-state index contributed by atoms with van der Waals surface area (Å²) in [5, 5.41) is 2.73. The molecule has 0 aliphatic heterocycles. The molecular weight excluding hydrogens is 528 g/mol. The highest BCUT2D eigenvalue weighted by Crippen LogP contribution is 2.26. The minimum Gasteiger partial charge on any atom is -0.456 e. The van der Waals surface area contributed by atoms with Crippen molar-refractivity contribution in [3.05, 3.63) is 65.2 Å². The van der Waals surface area contributed by atoms with Crippen LogP contribution in [0.2, 0.25) is 0 Å². The molecule has 0 bridgehead atoms. The summed E-state index contributed by atoms with van der Waals surface area (Å²) in [4.78, 5) is 52.3. The van der Waals surface area contributed by atoms with Gasteiger partial charge in [0.25, 0.3) is 11.7 Å². The zero-order chi connectivity index (χ0) is 30.8. The molecule has 0 saturated carbocycles. The number of amides is 2. The van der Waals surface area contributed by atoms with Crippen LogP contribution < -0.4 is 5.32 Å². The summed E-state index contributed by atoms with van der Waals surface area (Å²) >= 11 is 0. The summed E-state index contributed by atoms with van der Waals surface area (Å²) in [5.74, 6) is -3.24. The summed E-state index contributed by atoms with van der Waals surface area (Å²) in [7, 11) is 2.50. The molecule has 0 saturated heterocycles. The van der Waals surface area contributed by atoms with Crippen molar-refractivity contribution in [1.82, 2.24) is 4.90 Å². The number of rotatable bonds is 12. The zero-order valence-electron chi connectivity index (χ0n) is 25.2. The predicted molar refractivity (Wildman–Crippen MR) is 154 cm³/mol. The van der Waals surface area contributed by atoms with Crippen molar-refractivity contribution in [3.8, 4) is 0 Å². The van der Waals surface area contributed by atoms with Crippen LogP contribution >= 0.6 is 0 Å². The summed E-state index contributed by atoms with van der Waals surface area (Å²) in [6.45, 7) is 11.0. The SMILES string of the molecule is COC(CC=O)(OC)C(=O)Nc1cc(C(=O)OC(C)(C)C)ccc1CN(CCc1ccccc1)C(=O)OC(C)(C)C. The van der Waals surface area contributed by atoms with Gasteiger partial charge in [0.15, 0.2) is 0 Å². The van der Waals surface area contributed by atoms with Gasteiger partial charge in [-0.25, -0.2) is 9.59 Å². The maximum atomic E-state index is 13.3. The molecule has 41 heavy (non-hydrogen) atoms. The second kappa shape index (κ2) is 14.2. The van der Waals surface area contributed by atoms with E-state index in [1.54, 1.807) is 53.7 Å². The second-order valence-electron chi connectivity index (χ2n) is 11.5. The Morgan fingerprint density at radius 3 is 2.02 bits per heavy atom. The quantitative estimate of drug-likeness (QED) is 0.212. The number of carbonyl (C=O) groups excluding carboxylic acids is 4. The lowest BCUT2D eigenvalue weighted by Gasteiger charge is -2.30. The van der Waals surface area contributed by atoms with Crippen molar-refractivity contribution in [2.75, 3.05) is 26.1 Å². The third-order valence-corrected chi connectivity index (χ3v) is 5.88. The Balaban J connectivity index is 2.51. The summed E-state index contributed by atoms with van der Waals surface area (Å²) in [6.07, 6.45) is 0.172. The number of aldehydes is 1. The van der Waals surface area contributed by atoms with E-state index in [0.717, 1.165) is 5.56 Å². The molecule has 0 radical (unpaired) electrons. The van der Waals surface area contributed by atoms with Crippen molar-refractivity contribution in [3.63, 3.8) is 0 Å². The van der Waals surface area contributed by atoms with Gasteiger partial charge in [-0.1, -0.05) is 36.4 Å². The van der Waals surface area contributed by atoms with Crippen molar-refractivity contribution >= 4 is 29.9 Å². The molecule has 0 unspecified atom stereocenters. The first-order valence-corrected chi connectivity index (χ1v) is 13.4. The van der Waals surface area contributed by atoms with Crippen LogP contribution in [-0.4, -0.2) is 66.9 Å². The second-order valence-corrected chi connectivity index (χ2v) is 11.5. The van der Waals surface area contributed by atoms with Gasteiger partial charge >= 0.3 is 12.1 Å². The normalized spacial score (nSPS) is 11.9. The molecule has 0 fully saturated rings. The van der Waals surface area contributed by atoms with E-state index in [2.05, 4.69) is 5.32 Å². The number of ether oxygens (including phenoxy) is 4. The Bertz CT molecular complexity index is 1190. The molecule has 224 valence electrons. The fourth-order valence-electron chi connectivity index (χ4n) is 3.83. The number of anilines is 1. The minimum atomic E-state index is -1.89. The van der Waals surface area contributed by atoms with Crippen LogP contribution in [0.4, 0.5) is 10.5 Å². The van der Waals surface area contributed by atoms with Crippen molar-refractivity contribution in [2.45, 2.75) is 77.9 Å². The smallest absolute Gasteiger partial charge is 0.410 e. The first-order chi connectivity index (χ1) is 19.1. The summed E-state index contributed by atoms with van der Waals surface area (Å²) in [5.41, 5.74) is 0.477. The Labute approximate surface area is 242 Å². The molecule has 2 aromatic rings. The van der Waals surface area contributed by atoms with Crippen LogP contribution in [0.25, 0.3) is 0 Å². The Kier molecular flexibility index (Phi) is 11.6. The average Bonchev–Trinajstić information content (AvgIpc) is 2.88. The number of carbonyl (C=O) groups is 4. The van der Waals surface area contributed by atoms with E-state index >= 15 is 0 Å². The molecule has 0 spiro atoms. The highest BCUT2D eigenvalue weighted by atomic mass is 16.7. The monoisotopic (exact) mass is 570 g/mol. The standard InChI is InChI=1S/C31H42N2O8/c1-29(2,3)40-26(35)23-14-15-24(25(20-23)32-27(36)31(38-7,39-8)17-19-34)21-33(28(37)41-30(4,5)6)18-16-22-12-10-9-11-13-22/h9-15,19-20H,16-18,21H2,1-8H3,(H,32,36).